The molecule has 0 radical (unpaired) electrons. The number of benzene rings is 1. The van der Waals surface area contributed by atoms with Crippen LogP contribution in [0.15, 0.2) is 30.3 Å². The molecule has 1 heterocycles. The van der Waals surface area contributed by atoms with Gasteiger partial charge in [0.2, 0.25) is 0 Å². The summed E-state index contributed by atoms with van der Waals surface area (Å²) in [7, 11) is 0. The van der Waals surface area contributed by atoms with Crippen LogP contribution in [0.25, 0.3) is 10.9 Å². The number of ether oxygens (including phenoxy) is 1. The zero-order valence-electron chi connectivity index (χ0n) is 10.1. The number of anilines is 1. The van der Waals surface area contributed by atoms with Crippen LogP contribution in [0, 0.1) is 0 Å². The van der Waals surface area contributed by atoms with Gasteiger partial charge in [-0.15, -0.1) is 0 Å². The maximum absolute atomic E-state index is 12.0. The van der Waals surface area contributed by atoms with Crippen LogP contribution in [-0.4, -0.2) is 17.8 Å². The standard InChI is InChI=1S/C13H13F3N2O/c14-13(15,16)5-6-19-8-10-7-9-3-1-2-4-11(9)18-12(10)17/h1-4,7H,5-6,8H2,(H2,17,18). The first-order chi connectivity index (χ1) is 8.96. The lowest BCUT2D eigenvalue weighted by molar-refractivity contribution is -0.146. The molecule has 102 valence electrons. The second-order valence-electron chi connectivity index (χ2n) is 4.14. The molecule has 2 aromatic rings. The van der Waals surface area contributed by atoms with E-state index in [0.29, 0.717) is 5.56 Å². The van der Waals surface area contributed by atoms with Gasteiger partial charge in [-0.3, -0.25) is 0 Å². The highest BCUT2D eigenvalue weighted by molar-refractivity contribution is 5.81. The maximum Gasteiger partial charge on any atom is 0.391 e. The largest absolute Gasteiger partial charge is 0.391 e. The van der Waals surface area contributed by atoms with E-state index in [2.05, 4.69) is 4.98 Å². The van der Waals surface area contributed by atoms with Crippen LogP contribution in [0.4, 0.5) is 19.0 Å². The SMILES string of the molecule is Nc1nc2ccccc2cc1COCCC(F)(F)F. The minimum Gasteiger partial charge on any atom is -0.383 e. The maximum atomic E-state index is 12.0. The van der Waals surface area contributed by atoms with E-state index >= 15 is 0 Å². The first-order valence-electron chi connectivity index (χ1n) is 5.74. The molecule has 1 aromatic heterocycles. The molecular weight excluding hydrogens is 257 g/mol. The zero-order valence-corrected chi connectivity index (χ0v) is 10.1. The fourth-order valence-electron chi connectivity index (χ4n) is 1.66. The number of alkyl halides is 3. The molecule has 3 nitrogen and oxygen atoms in total. The number of hydrogen-bond donors (Lipinski definition) is 1. The average molecular weight is 270 g/mol. The molecule has 6 heteroatoms. The summed E-state index contributed by atoms with van der Waals surface area (Å²) in [5.74, 6) is 0.283. The first-order valence-corrected chi connectivity index (χ1v) is 5.74. The van der Waals surface area contributed by atoms with E-state index in [-0.39, 0.29) is 19.0 Å². The Bertz CT molecular complexity index is 569. The number of pyridine rings is 1. The number of nitrogens with zero attached hydrogens (tertiary/aromatic N) is 1. The van der Waals surface area contributed by atoms with E-state index in [1.54, 1.807) is 6.07 Å². The lowest BCUT2D eigenvalue weighted by Crippen LogP contribution is -2.12. The molecule has 0 fully saturated rings. The van der Waals surface area contributed by atoms with Crippen LogP contribution in [0.1, 0.15) is 12.0 Å². The Morgan fingerprint density at radius 1 is 1.21 bits per heavy atom. The monoisotopic (exact) mass is 270 g/mol. The minimum absolute atomic E-state index is 0.0275. The molecule has 19 heavy (non-hydrogen) atoms. The minimum atomic E-state index is -4.20. The Morgan fingerprint density at radius 3 is 2.68 bits per heavy atom. The number of para-hydroxylation sites is 1. The quantitative estimate of drug-likeness (QED) is 0.867. The molecular formula is C13H13F3N2O. The van der Waals surface area contributed by atoms with Crippen molar-refractivity contribution in [2.45, 2.75) is 19.2 Å². The molecule has 0 bridgehead atoms. The smallest absolute Gasteiger partial charge is 0.383 e. The fourth-order valence-corrected chi connectivity index (χ4v) is 1.66. The van der Waals surface area contributed by atoms with Crippen LogP contribution in [0.5, 0.6) is 0 Å². The summed E-state index contributed by atoms with van der Waals surface area (Å²) in [6, 6.07) is 9.16. The molecule has 0 saturated carbocycles. The number of nitrogens with two attached hydrogens (primary N) is 1. The Hall–Kier alpha value is -1.82. The van der Waals surface area contributed by atoms with E-state index in [1.807, 2.05) is 24.3 Å². The number of nitrogen functional groups attached to an aromatic ring is 1. The Labute approximate surface area is 108 Å². The van der Waals surface area contributed by atoms with Crippen molar-refractivity contribution in [2.75, 3.05) is 12.3 Å². The highest BCUT2D eigenvalue weighted by Crippen LogP contribution is 2.21. The van der Waals surface area contributed by atoms with E-state index in [4.69, 9.17) is 10.5 Å². The molecule has 0 aliphatic carbocycles. The molecule has 0 amide bonds. The fraction of sp³-hybridized carbons (Fsp3) is 0.308. The van der Waals surface area contributed by atoms with Gasteiger partial charge in [0.25, 0.3) is 0 Å². The topological polar surface area (TPSA) is 48.1 Å². The molecule has 0 atom stereocenters. The van der Waals surface area contributed by atoms with Crippen molar-refractivity contribution in [1.82, 2.24) is 4.98 Å². The predicted octanol–water partition coefficient (Wildman–Crippen LogP) is 3.29. The summed E-state index contributed by atoms with van der Waals surface area (Å²) in [4.78, 5) is 4.18. The second-order valence-corrected chi connectivity index (χ2v) is 4.14. The van der Waals surface area contributed by atoms with E-state index in [0.717, 1.165) is 10.9 Å². The van der Waals surface area contributed by atoms with Crippen LogP contribution >= 0.6 is 0 Å². The highest BCUT2D eigenvalue weighted by atomic mass is 19.4. The summed E-state index contributed by atoms with van der Waals surface area (Å²) >= 11 is 0. The van der Waals surface area contributed by atoms with Crippen LogP contribution < -0.4 is 5.73 Å². The van der Waals surface area contributed by atoms with Crippen LogP contribution in [0.3, 0.4) is 0 Å². The summed E-state index contributed by atoms with van der Waals surface area (Å²) in [5.41, 5.74) is 7.09. The van der Waals surface area contributed by atoms with Crippen LogP contribution in [0.2, 0.25) is 0 Å². The number of halogens is 3. The van der Waals surface area contributed by atoms with Gasteiger partial charge >= 0.3 is 6.18 Å². The van der Waals surface area contributed by atoms with Gasteiger partial charge in [0, 0.05) is 10.9 Å². The molecule has 0 saturated heterocycles. The third-order valence-corrected chi connectivity index (χ3v) is 2.62. The number of fused-ring (bicyclic) bond motifs is 1. The molecule has 2 N–H and O–H groups in total. The number of aromatic nitrogens is 1. The van der Waals surface area contributed by atoms with E-state index < -0.39 is 12.6 Å². The van der Waals surface area contributed by atoms with Gasteiger partial charge in [-0.2, -0.15) is 13.2 Å². The van der Waals surface area contributed by atoms with Gasteiger partial charge in [-0.25, -0.2) is 4.98 Å². The molecule has 0 aliphatic rings. The Kier molecular flexibility index (Phi) is 3.90. The Balaban J connectivity index is 2.02. The van der Waals surface area contributed by atoms with Crippen LogP contribution in [-0.2, 0) is 11.3 Å². The summed E-state index contributed by atoms with van der Waals surface area (Å²) in [6.45, 7) is -0.352. The summed E-state index contributed by atoms with van der Waals surface area (Å²) < 4.78 is 40.8. The van der Waals surface area contributed by atoms with E-state index in [9.17, 15) is 13.2 Å². The van der Waals surface area contributed by atoms with Crippen molar-refractivity contribution in [1.29, 1.82) is 0 Å². The normalized spacial score (nSPS) is 11.9. The second kappa shape index (κ2) is 5.44. The van der Waals surface area contributed by atoms with E-state index in [1.165, 1.54) is 0 Å². The number of hydrogen-bond acceptors (Lipinski definition) is 3. The average Bonchev–Trinajstić information content (AvgIpc) is 2.33. The molecule has 2 rings (SSSR count). The first kappa shape index (κ1) is 13.6. The molecule has 1 aromatic carbocycles. The highest BCUT2D eigenvalue weighted by Gasteiger charge is 2.26. The lowest BCUT2D eigenvalue weighted by Gasteiger charge is -2.09. The van der Waals surface area contributed by atoms with Crippen molar-refractivity contribution in [3.8, 4) is 0 Å². The molecule has 0 unspecified atom stereocenters. The van der Waals surface area contributed by atoms with Gasteiger partial charge in [-0.1, -0.05) is 18.2 Å². The summed E-state index contributed by atoms with van der Waals surface area (Å²) in [5, 5.41) is 0.881. The van der Waals surface area contributed by atoms with Crippen molar-refractivity contribution >= 4 is 16.7 Å². The molecule has 0 aliphatic heterocycles. The summed E-state index contributed by atoms with van der Waals surface area (Å²) in [6.07, 6.45) is -5.17. The zero-order chi connectivity index (χ0) is 13.9. The lowest BCUT2D eigenvalue weighted by atomic mass is 10.1. The van der Waals surface area contributed by atoms with Gasteiger partial charge < -0.3 is 10.5 Å². The Morgan fingerprint density at radius 2 is 1.95 bits per heavy atom. The van der Waals surface area contributed by atoms with Crippen molar-refractivity contribution in [2.24, 2.45) is 0 Å². The predicted molar refractivity (Wildman–Crippen MR) is 66.5 cm³/mol. The third kappa shape index (κ3) is 3.82. The third-order valence-electron chi connectivity index (χ3n) is 2.62. The van der Waals surface area contributed by atoms with Gasteiger partial charge in [-0.05, 0) is 12.1 Å². The van der Waals surface area contributed by atoms with Crippen molar-refractivity contribution in [3.63, 3.8) is 0 Å². The molecule has 0 spiro atoms. The van der Waals surface area contributed by atoms with Gasteiger partial charge in [0.15, 0.2) is 0 Å². The van der Waals surface area contributed by atoms with Crippen molar-refractivity contribution in [3.05, 3.63) is 35.9 Å². The van der Waals surface area contributed by atoms with Gasteiger partial charge in [0.1, 0.15) is 5.82 Å². The van der Waals surface area contributed by atoms with Gasteiger partial charge in [0.05, 0.1) is 25.2 Å². The number of rotatable bonds is 4. The van der Waals surface area contributed by atoms with Crippen molar-refractivity contribution < 1.29 is 17.9 Å².